The Morgan fingerprint density at radius 3 is 2.64 bits per heavy atom. The van der Waals surface area contributed by atoms with Gasteiger partial charge in [-0.25, -0.2) is 14.8 Å². The molecule has 0 saturated carbocycles. The van der Waals surface area contributed by atoms with Crippen molar-refractivity contribution in [2.75, 3.05) is 38.2 Å². The molecule has 3 heterocycles. The monoisotopic (exact) mass is 407 g/mol. The zero-order chi connectivity index (χ0) is 20.3. The predicted octanol–water partition coefficient (Wildman–Crippen LogP) is 2.05. The first kappa shape index (κ1) is 21.0. The maximum atomic E-state index is 12.4. The first-order chi connectivity index (χ1) is 13.4. The molecule has 0 radical (unpaired) electrons. The summed E-state index contributed by atoms with van der Waals surface area (Å²) in [5.41, 5.74) is 0.891. The van der Waals surface area contributed by atoms with Gasteiger partial charge in [0.15, 0.2) is 5.82 Å². The van der Waals surface area contributed by atoms with Gasteiger partial charge in [0.2, 0.25) is 0 Å². The Hall–Kier alpha value is -1.77. The molecule has 0 spiro atoms. The molecule has 1 fully saturated rings. The lowest BCUT2D eigenvalue weighted by atomic mass is 10.1. The summed E-state index contributed by atoms with van der Waals surface area (Å²) in [5.74, 6) is 1.80. The molecule has 0 amide bonds. The molecule has 3 rings (SSSR count). The fraction of sp³-hybridized carbons (Fsp3) is 0.650. The Morgan fingerprint density at radius 1 is 1.29 bits per heavy atom. The van der Waals surface area contributed by atoms with Crippen LogP contribution >= 0.6 is 11.3 Å². The molecule has 0 bridgehead atoms. The fourth-order valence-electron chi connectivity index (χ4n) is 3.20. The lowest BCUT2D eigenvalue weighted by molar-refractivity contribution is -0.922. The number of anilines is 1. The van der Waals surface area contributed by atoms with Crippen LogP contribution in [0.15, 0.2) is 0 Å². The molecule has 0 aliphatic carbocycles. The maximum absolute atomic E-state index is 12.4. The van der Waals surface area contributed by atoms with Crippen LogP contribution in [-0.2, 0) is 16.0 Å². The van der Waals surface area contributed by atoms with E-state index in [4.69, 9.17) is 19.4 Å². The highest BCUT2D eigenvalue weighted by Crippen LogP contribution is 2.35. The number of aromatic nitrogens is 2. The number of esters is 1. The number of fused-ring (bicyclic) bond motifs is 1. The van der Waals surface area contributed by atoms with Crippen LogP contribution in [0.2, 0.25) is 0 Å². The van der Waals surface area contributed by atoms with Gasteiger partial charge in [-0.3, -0.25) is 0 Å². The summed E-state index contributed by atoms with van der Waals surface area (Å²) in [4.78, 5) is 24.9. The number of carbonyl (C=O) groups excluding carboxylic acids is 1. The van der Waals surface area contributed by atoms with Gasteiger partial charge in [-0.2, -0.15) is 0 Å². The van der Waals surface area contributed by atoms with Crippen molar-refractivity contribution >= 4 is 33.3 Å². The van der Waals surface area contributed by atoms with E-state index < -0.39 is 0 Å². The molecule has 28 heavy (non-hydrogen) atoms. The van der Waals surface area contributed by atoms with Crippen molar-refractivity contribution in [1.82, 2.24) is 9.97 Å². The van der Waals surface area contributed by atoms with Crippen LogP contribution < -0.4 is 10.2 Å². The van der Waals surface area contributed by atoms with Crippen molar-refractivity contribution in [2.45, 2.75) is 47.2 Å². The van der Waals surface area contributed by atoms with E-state index in [2.05, 4.69) is 26.1 Å². The first-order valence-electron chi connectivity index (χ1n) is 10.1. The van der Waals surface area contributed by atoms with Gasteiger partial charge in [-0.1, -0.05) is 13.8 Å². The molecule has 1 aliphatic heterocycles. The summed E-state index contributed by atoms with van der Waals surface area (Å²) in [6, 6.07) is 0.257. The highest BCUT2D eigenvalue weighted by Gasteiger charge is 2.24. The molecule has 1 aliphatic rings. The summed E-state index contributed by atoms with van der Waals surface area (Å²) in [6.07, 6.45) is 0. The van der Waals surface area contributed by atoms with E-state index in [0.717, 1.165) is 60.3 Å². The van der Waals surface area contributed by atoms with E-state index in [-0.39, 0.29) is 12.0 Å². The average Bonchev–Trinajstić information content (AvgIpc) is 2.99. The Labute approximate surface area is 170 Å². The predicted molar refractivity (Wildman–Crippen MR) is 111 cm³/mol. The number of aryl methyl sites for hydroxylation is 1. The molecule has 154 valence electrons. The SMILES string of the molecule is CCOC(=O)c1sc2nc(C[NH+]3CCOCC3)nc(N[C@H](C)C(C)C)c2c1C. The molecule has 8 heteroatoms. The summed E-state index contributed by atoms with van der Waals surface area (Å²) < 4.78 is 10.7. The molecule has 0 unspecified atom stereocenters. The number of hydrogen-bond donors (Lipinski definition) is 2. The minimum atomic E-state index is -0.286. The minimum absolute atomic E-state index is 0.257. The van der Waals surface area contributed by atoms with Gasteiger partial charge in [-0.15, -0.1) is 11.3 Å². The Balaban J connectivity index is 2.01. The number of nitrogens with one attached hydrogen (secondary N) is 2. The van der Waals surface area contributed by atoms with Crippen LogP contribution in [0.25, 0.3) is 10.2 Å². The topological polar surface area (TPSA) is 77.8 Å². The Kier molecular flexibility index (Phi) is 6.85. The second kappa shape index (κ2) is 9.15. The van der Waals surface area contributed by atoms with Gasteiger partial charge < -0.3 is 19.7 Å². The summed E-state index contributed by atoms with van der Waals surface area (Å²) in [7, 11) is 0. The third-order valence-electron chi connectivity index (χ3n) is 5.27. The smallest absolute Gasteiger partial charge is 0.348 e. The van der Waals surface area contributed by atoms with Crippen molar-refractivity contribution in [3.8, 4) is 0 Å². The molecule has 2 N–H and O–H groups in total. The van der Waals surface area contributed by atoms with Gasteiger partial charge in [-0.05, 0) is 32.3 Å². The molecule has 2 aromatic heterocycles. The van der Waals surface area contributed by atoms with Crippen LogP contribution in [0.5, 0.6) is 0 Å². The molecule has 2 aromatic rings. The van der Waals surface area contributed by atoms with Gasteiger partial charge in [0.25, 0.3) is 0 Å². The van der Waals surface area contributed by atoms with Crippen LogP contribution in [0, 0.1) is 12.8 Å². The number of carbonyl (C=O) groups is 1. The second-order valence-corrected chi connectivity index (χ2v) is 8.66. The number of ether oxygens (including phenoxy) is 2. The van der Waals surface area contributed by atoms with Crippen LogP contribution in [0.4, 0.5) is 5.82 Å². The van der Waals surface area contributed by atoms with Crippen molar-refractivity contribution < 1.29 is 19.2 Å². The molecule has 1 atom stereocenters. The van der Waals surface area contributed by atoms with E-state index in [1.807, 2.05) is 13.8 Å². The number of thiophene rings is 1. The number of hydrogen-bond acceptors (Lipinski definition) is 7. The van der Waals surface area contributed by atoms with Crippen LogP contribution in [0.1, 0.15) is 48.8 Å². The third kappa shape index (κ3) is 4.61. The van der Waals surface area contributed by atoms with Crippen LogP contribution in [-0.4, -0.2) is 54.9 Å². The van der Waals surface area contributed by atoms with Crippen molar-refractivity contribution in [1.29, 1.82) is 0 Å². The van der Waals surface area contributed by atoms with E-state index in [1.54, 1.807) is 0 Å². The minimum Gasteiger partial charge on any atom is -0.462 e. The van der Waals surface area contributed by atoms with E-state index in [9.17, 15) is 4.79 Å². The zero-order valence-electron chi connectivity index (χ0n) is 17.4. The van der Waals surface area contributed by atoms with Gasteiger partial charge in [0.1, 0.15) is 35.2 Å². The normalized spacial score (nSPS) is 16.5. The Bertz CT molecular complexity index is 830. The standard InChI is InChI=1S/C20H30N4O3S/c1-6-27-20(25)17-13(4)16-18(21-14(5)12(2)3)22-15(23-19(16)28-17)11-24-7-9-26-10-8-24/h12,14H,6-11H2,1-5H3,(H,21,22,23)/p+1/t14-/m1/s1. The summed E-state index contributed by atoms with van der Waals surface area (Å²) in [5, 5.41) is 4.49. The highest BCUT2D eigenvalue weighted by atomic mass is 32.1. The largest absolute Gasteiger partial charge is 0.462 e. The number of rotatable bonds is 7. The zero-order valence-corrected chi connectivity index (χ0v) is 18.2. The molecule has 7 nitrogen and oxygen atoms in total. The van der Waals surface area contributed by atoms with Gasteiger partial charge >= 0.3 is 5.97 Å². The van der Waals surface area contributed by atoms with E-state index >= 15 is 0 Å². The first-order valence-corrected chi connectivity index (χ1v) is 10.9. The van der Waals surface area contributed by atoms with Gasteiger partial charge in [0, 0.05) is 6.04 Å². The lowest BCUT2D eigenvalue weighted by Gasteiger charge is -2.23. The quantitative estimate of drug-likeness (QED) is 0.684. The number of quaternary nitrogens is 1. The Morgan fingerprint density at radius 2 is 2.00 bits per heavy atom. The van der Waals surface area contributed by atoms with E-state index in [1.165, 1.54) is 16.2 Å². The van der Waals surface area contributed by atoms with Crippen molar-refractivity contribution in [3.63, 3.8) is 0 Å². The van der Waals surface area contributed by atoms with Crippen LogP contribution in [0.3, 0.4) is 0 Å². The summed E-state index contributed by atoms with van der Waals surface area (Å²) in [6.45, 7) is 14.9. The molecular formula is C20H31N4O3S+. The second-order valence-electron chi connectivity index (χ2n) is 7.66. The average molecular weight is 408 g/mol. The lowest BCUT2D eigenvalue weighted by Crippen LogP contribution is -3.12. The maximum Gasteiger partial charge on any atom is 0.348 e. The number of nitrogens with zero attached hydrogens (tertiary/aromatic N) is 2. The summed E-state index contributed by atoms with van der Waals surface area (Å²) >= 11 is 1.40. The van der Waals surface area contributed by atoms with Crippen molar-refractivity contribution in [3.05, 3.63) is 16.3 Å². The van der Waals surface area contributed by atoms with Gasteiger partial charge in [0.05, 0.1) is 25.2 Å². The fourth-order valence-corrected chi connectivity index (χ4v) is 4.29. The molecular weight excluding hydrogens is 376 g/mol. The van der Waals surface area contributed by atoms with Crippen molar-refractivity contribution in [2.24, 2.45) is 5.92 Å². The highest BCUT2D eigenvalue weighted by molar-refractivity contribution is 7.20. The van der Waals surface area contributed by atoms with E-state index in [0.29, 0.717) is 17.4 Å². The number of morpholine rings is 1. The third-order valence-corrected chi connectivity index (χ3v) is 6.44. The molecule has 1 saturated heterocycles. The molecule has 0 aromatic carbocycles.